The van der Waals surface area contributed by atoms with Gasteiger partial charge in [-0.25, -0.2) is 4.98 Å². The van der Waals surface area contributed by atoms with Gasteiger partial charge in [0.2, 0.25) is 0 Å². The van der Waals surface area contributed by atoms with Gasteiger partial charge in [-0.2, -0.15) is 0 Å². The summed E-state index contributed by atoms with van der Waals surface area (Å²) in [6.07, 6.45) is -2.45. The first kappa shape index (κ1) is 14.4. The molecule has 0 amide bonds. The lowest BCUT2D eigenvalue weighted by Crippen LogP contribution is -2.18. The van der Waals surface area contributed by atoms with Gasteiger partial charge in [-0.05, 0) is 36.8 Å². The van der Waals surface area contributed by atoms with Crippen molar-refractivity contribution in [2.24, 2.45) is 5.73 Å². The molecule has 0 aliphatic rings. The highest BCUT2D eigenvalue weighted by atomic mass is 19.4. The number of imidazole rings is 1. The highest BCUT2D eigenvalue weighted by Gasteiger charge is 2.30. The van der Waals surface area contributed by atoms with E-state index >= 15 is 0 Å². The number of benzene rings is 1. The summed E-state index contributed by atoms with van der Waals surface area (Å²) in [5.41, 5.74) is 7.11. The molecule has 7 heteroatoms. The number of alkyl halides is 3. The van der Waals surface area contributed by atoms with Crippen LogP contribution in [0.3, 0.4) is 0 Å². The second-order valence-electron chi connectivity index (χ2n) is 4.50. The van der Waals surface area contributed by atoms with Gasteiger partial charge in [0.05, 0.1) is 11.9 Å². The molecule has 2 aromatic rings. The van der Waals surface area contributed by atoms with E-state index < -0.39 is 6.36 Å². The van der Waals surface area contributed by atoms with Crippen molar-refractivity contribution in [2.75, 3.05) is 0 Å². The Morgan fingerprint density at radius 1 is 1.30 bits per heavy atom. The van der Waals surface area contributed by atoms with E-state index in [0.29, 0.717) is 6.42 Å². The van der Waals surface area contributed by atoms with E-state index in [1.807, 2.05) is 6.92 Å². The minimum absolute atomic E-state index is 0.0171. The minimum atomic E-state index is -4.68. The van der Waals surface area contributed by atoms with Gasteiger partial charge >= 0.3 is 6.36 Å². The van der Waals surface area contributed by atoms with Crippen molar-refractivity contribution in [2.45, 2.75) is 25.7 Å². The first-order chi connectivity index (χ1) is 9.33. The Kier molecular flexibility index (Phi) is 3.99. The molecular formula is C13H14F3N3O. The summed E-state index contributed by atoms with van der Waals surface area (Å²) in [5.74, 6) is 0.488. The number of nitrogens with two attached hydrogens (primary N) is 1. The van der Waals surface area contributed by atoms with Crippen LogP contribution >= 0.6 is 0 Å². The third kappa shape index (κ3) is 3.99. The maximum atomic E-state index is 12.0. The second kappa shape index (κ2) is 5.54. The normalized spacial score (nSPS) is 13.2. The van der Waals surface area contributed by atoms with Crippen molar-refractivity contribution >= 4 is 0 Å². The maximum absolute atomic E-state index is 12.0. The van der Waals surface area contributed by atoms with Crippen LogP contribution < -0.4 is 10.5 Å². The Morgan fingerprint density at radius 2 is 1.95 bits per heavy atom. The fourth-order valence-electron chi connectivity index (χ4n) is 1.75. The Bertz CT molecular complexity index is 561. The summed E-state index contributed by atoms with van der Waals surface area (Å²) in [7, 11) is 0. The van der Waals surface area contributed by atoms with Crippen molar-refractivity contribution in [1.82, 2.24) is 9.97 Å². The number of H-pyrrole nitrogens is 1. The molecule has 0 radical (unpaired) electrons. The van der Waals surface area contributed by atoms with Crippen LogP contribution in [0.4, 0.5) is 13.2 Å². The zero-order valence-corrected chi connectivity index (χ0v) is 10.7. The molecule has 0 unspecified atom stereocenters. The van der Waals surface area contributed by atoms with Gasteiger partial charge < -0.3 is 15.5 Å². The maximum Gasteiger partial charge on any atom is 0.573 e. The monoisotopic (exact) mass is 285 g/mol. The molecule has 0 aliphatic heterocycles. The van der Waals surface area contributed by atoms with Crippen molar-refractivity contribution in [3.63, 3.8) is 0 Å². The molecule has 0 fully saturated rings. The SMILES string of the molecule is C[C@H](N)Cc1ncc(-c2ccc(OC(F)(F)F)cc2)[nH]1. The van der Waals surface area contributed by atoms with E-state index in [4.69, 9.17) is 5.73 Å². The Hall–Kier alpha value is -2.02. The lowest BCUT2D eigenvalue weighted by molar-refractivity contribution is -0.274. The molecule has 1 aromatic heterocycles. The van der Waals surface area contributed by atoms with Crippen LogP contribution in [0.15, 0.2) is 30.5 Å². The Labute approximate surface area is 113 Å². The Balaban J connectivity index is 2.11. The molecule has 4 nitrogen and oxygen atoms in total. The first-order valence-corrected chi connectivity index (χ1v) is 5.99. The van der Waals surface area contributed by atoms with Crippen LogP contribution in [-0.4, -0.2) is 22.4 Å². The van der Waals surface area contributed by atoms with E-state index in [1.165, 1.54) is 24.3 Å². The van der Waals surface area contributed by atoms with Crippen LogP contribution in [0.25, 0.3) is 11.3 Å². The number of hydrogen-bond donors (Lipinski definition) is 2. The molecule has 3 N–H and O–H groups in total. The van der Waals surface area contributed by atoms with Crippen molar-refractivity contribution < 1.29 is 17.9 Å². The molecule has 108 valence electrons. The molecule has 0 spiro atoms. The molecule has 1 atom stereocenters. The predicted octanol–water partition coefficient (Wildman–Crippen LogP) is 2.87. The smallest absolute Gasteiger partial charge is 0.406 e. The number of halogens is 3. The average molecular weight is 285 g/mol. The van der Waals surface area contributed by atoms with E-state index in [-0.39, 0.29) is 11.8 Å². The molecule has 0 saturated carbocycles. The largest absolute Gasteiger partial charge is 0.573 e. The topological polar surface area (TPSA) is 63.9 Å². The predicted molar refractivity (Wildman–Crippen MR) is 68.1 cm³/mol. The van der Waals surface area contributed by atoms with Crippen molar-refractivity contribution in [1.29, 1.82) is 0 Å². The highest BCUT2D eigenvalue weighted by Crippen LogP contribution is 2.25. The van der Waals surface area contributed by atoms with E-state index in [9.17, 15) is 13.2 Å². The standard InChI is InChI=1S/C13H14F3N3O/c1-8(17)6-12-18-7-11(19-12)9-2-4-10(5-3-9)20-13(14,15)16/h2-5,7-8H,6,17H2,1H3,(H,18,19)/t8-/m0/s1. The summed E-state index contributed by atoms with van der Waals surface area (Å²) < 4.78 is 39.9. The average Bonchev–Trinajstić information content (AvgIpc) is 2.75. The minimum Gasteiger partial charge on any atom is -0.406 e. The van der Waals surface area contributed by atoms with Crippen LogP contribution in [0.2, 0.25) is 0 Å². The summed E-state index contributed by atoms with van der Waals surface area (Å²) >= 11 is 0. The first-order valence-electron chi connectivity index (χ1n) is 5.99. The van der Waals surface area contributed by atoms with Crippen LogP contribution in [0.5, 0.6) is 5.75 Å². The van der Waals surface area contributed by atoms with E-state index in [2.05, 4.69) is 14.7 Å². The lowest BCUT2D eigenvalue weighted by atomic mass is 10.1. The van der Waals surface area contributed by atoms with Gasteiger partial charge in [-0.15, -0.1) is 13.2 Å². The number of nitrogens with zero attached hydrogens (tertiary/aromatic N) is 1. The number of aromatic nitrogens is 2. The van der Waals surface area contributed by atoms with E-state index in [1.54, 1.807) is 6.20 Å². The second-order valence-corrected chi connectivity index (χ2v) is 4.50. The van der Waals surface area contributed by atoms with Gasteiger partial charge in [0, 0.05) is 12.5 Å². The fraction of sp³-hybridized carbons (Fsp3) is 0.308. The van der Waals surface area contributed by atoms with Gasteiger partial charge in [-0.1, -0.05) is 0 Å². The number of rotatable bonds is 4. The Morgan fingerprint density at radius 3 is 2.50 bits per heavy atom. The zero-order valence-electron chi connectivity index (χ0n) is 10.7. The molecule has 20 heavy (non-hydrogen) atoms. The van der Waals surface area contributed by atoms with Crippen molar-refractivity contribution in [3.8, 4) is 17.0 Å². The number of nitrogens with one attached hydrogen (secondary N) is 1. The van der Waals surface area contributed by atoms with Crippen LogP contribution in [0.1, 0.15) is 12.7 Å². The van der Waals surface area contributed by atoms with E-state index in [0.717, 1.165) is 17.1 Å². The summed E-state index contributed by atoms with van der Waals surface area (Å²) in [6.45, 7) is 1.87. The quantitative estimate of drug-likeness (QED) is 0.908. The lowest BCUT2D eigenvalue weighted by Gasteiger charge is -2.08. The number of hydrogen-bond acceptors (Lipinski definition) is 3. The summed E-state index contributed by atoms with van der Waals surface area (Å²) in [4.78, 5) is 7.24. The van der Waals surface area contributed by atoms with Gasteiger partial charge in [-0.3, -0.25) is 0 Å². The van der Waals surface area contributed by atoms with Gasteiger partial charge in [0.1, 0.15) is 11.6 Å². The fourth-order valence-corrected chi connectivity index (χ4v) is 1.75. The number of aromatic amines is 1. The summed E-state index contributed by atoms with van der Waals surface area (Å²) in [6, 6.07) is 5.56. The zero-order chi connectivity index (χ0) is 14.8. The molecule has 0 aliphatic carbocycles. The highest BCUT2D eigenvalue weighted by molar-refractivity contribution is 5.59. The summed E-state index contributed by atoms with van der Waals surface area (Å²) in [5, 5.41) is 0. The van der Waals surface area contributed by atoms with Crippen LogP contribution in [-0.2, 0) is 6.42 Å². The molecule has 1 heterocycles. The van der Waals surface area contributed by atoms with Gasteiger partial charge in [0.15, 0.2) is 0 Å². The molecule has 0 bridgehead atoms. The number of ether oxygens (including phenoxy) is 1. The molecule has 2 rings (SSSR count). The van der Waals surface area contributed by atoms with Gasteiger partial charge in [0.25, 0.3) is 0 Å². The molecular weight excluding hydrogens is 271 g/mol. The third-order valence-corrected chi connectivity index (χ3v) is 2.54. The van der Waals surface area contributed by atoms with Crippen LogP contribution in [0, 0.1) is 0 Å². The molecule has 1 aromatic carbocycles. The molecule has 0 saturated heterocycles. The van der Waals surface area contributed by atoms with Crippen molar-refractivity contribution in [3.05, 3.63) is 36.3 Å². The third-order valence-electron chi connectivity index (χ3n) is 2.54.